The van der Waals surface area contributed by atoms with Crippen LogP contribution >= 0.6 is 15.9 Å². The number of halogens is 1. The first-order chi connectivity index (χ1) is 14.0. The van der Waals surface area contributed by atoms with Crippen molar-refractivity contribution in [3.05, 3.63) is 12.1 Å². The van der Waals surface area contributed by atoms with Crippen molar-refractivity contribution in [1.29, 1.82) is 0 Å². The monoisotopic (exact) mass is 482 g/mol. The van der Waals surface area contributed by atoms with Crippen molar-refractivity contribution in [2.45, 2.75) is 6.42 Å². The van der Waals surface area contributed by atoms with Gasteiger partial charge in [0, 0.05) is 18.7 Å². The van der Waals surface area contributed by atoms with Gasteiger partial charge in [0.1, 0.15) is 0 Å². The van der Waals surface area contributed by atoms with Crippen molar-refractivity contribution in [1.82, 2.24) is 10.0 Å². The smallest absolute Gasteiger partial charge is 0.335 e. The van der Waals surface area contributed by atoms with E-state index < -0.39 is 5.97 Å². The molecule has 0 aliphatic heterocycles. The number of nitrogens with zero attached hydrogens (tertiary/aromatic N) is 1. The van der Waals surface area contributed by atoms with Crippen molar-refractivity contribution < 1.29 is 43.6 Å². The first kappa shape index (κ1) is 25.2. The molecule has 0 unspecified atom stereocenters. The standard InChI is InChI=1S/C17H27BrN2O9/c18-13-14(21)19-4-6-26-8-10-28-12-11-27-9-7-25-5-3-17(24)29-20-15(22)1-2-16(20)23/h1-2,22-23H,3-13H2,(H,19,21). The van der Waals surface area contributed by atoms with Crippen molar-refractivity contribution in [2.75, 3.05) is 64.7 Å². The van der Waals surface area contributed by atoms with Gasteiger partial charge in [-0.15, -0.1) is 4.73 Å². The van der Waals surface area contributed by atoms with Crippen LogP contribution < -0.4 is 10.2 Å². The predicted octanol–water partition coefficient (Wildman–Crippen LogP) is -0.178. The van der Waals surface area contributed by atoms with E-state index in [4.69, 9.17) is 23.8 Å². The maximum atomic E-state index is 11.6. The van der Waals surface area contributed by atoms with E-state index in [0.717, 1.165) is 0 Å². The van der Waals surface area contributed by atoms with Crippen molar-refractivity contribution in [3.63, 3.8) is 0 Å². The molecule has 0 aliphatic rings. The number of alkyl halides is 1. The van der Waals surface area contributed by atoms with Gasteiger partial charge in [-0.05, 0) is 0 Å². The van der Waals surface area contributed by atoms with E-state index in [9.17, 15) is 19.8 Å². The highest BCUT2D eigenvalue weighted by atomic mass is 79.9. The third kappa shape index (κ3) is 12.3. The first-order valence-electron chi connectivity index (χ1n) is 8.99. The van der Waals surface area contributed by atoms with Crippen LogP contribution in [0.5, 0.6) is 11.8 Å². The predicted molar refractivity (Wildman–Crippen MR) is 104 cm³/mol. The van der Waals surface area contributed by atoms with Gasteiger partial charge in [0.15, 0.2) is 0 Å². The molecule has 0 fully saturated rings. The summed E-state index contributed by atoms with van der Waals surface area (Å²) in [7, 11) is 0. The fourth-order valence-electron chi connectivity index (χ4n) is 1.87. The molecule has 1 heterocycles. The Morgan fingerprint density at radius 3 is 1.86 bits per heavy atom. The maximum Gasteiger partial charge on any atom is 0.335 e. The second-order valence-corrected chi connectivity index (χ2v) is 6.05. The molecule has 29 heavy (non-hydrogen) atoms. The molecular weight excluding hydrogens is 456 g/mol. The number of aromatic nitrogens is 1. The number of ether oxygens (including phenoxy) is 4. The average molecular weight is 483 g/mol. The number of aromatic hydroxyl groups is 2. The molecule has 1 aromatic heterocycles. The van der Waals surface area contributed by atoms with Crippen LogP contribution in [0.25, 0.3) is 0 Å². The molecule has 1 amide bonds. The molecular formula is C17H27BrN2O9. The largest absolute Gasteiger partial charge is 0.492 e. The minimum atomic E-state index is -0.658. The second kappa shape index (κ2) is 16.0. The minimum absolute atomic E-state index is 0.0417. The lowest BCUT2D eigenvalue weighted by molar-refractivity contribution is -0.146. The number of hydrogen-bond donors (Lipinski definition) is 3. The quantitative estimate of drug-likeness (QED) is 0.204. The fourth-order valence-corrected chi connectivity index (χ4v) is 2.07. The summed E-state index contributed by atoms with van der Waals surface area (Å²) in [5, 5.41) is 21.6. The Kier molecular flexibility index (Phi) is 13.9. The van der Waals surface area contributed by atoms with Gasteiger partial charge in [0.05, 0.1) is 64.6 Å². The van der Waals surface area contributed by atoms with E-state index in [1.807, 2.05) is 0 Å². The van der Waals surface area contributed by atoms with Gasteiger partial charge < -0.3 is 39.3 Å². The van der Waals surface area contributed by atoms with Gasteiger partial charge in [0.25, 0.3) is 0 Å². The molecule has 166 valence electrons. The van der Waals surface area contributed by atoms with Crippen LogP contribution in [0.2, 0.25) is 0 Å². The molecule has 0 bridgehead atoms. The van der Waals surface area contributed by atoms with Gasteiger partial charge in [-0.3, -0.25) is 4.79 Å². The SMILES string of the molecule is O=C(CBr)NCCOCCOCCOCCOCCC(=O)On1c(O)ccc1O. The van der Waals surface area contributed by atoms with Crippen LogP contribution in [0.1, 0.15) is 6.42 Å². The van der Waals surface area contributed by atoms with Crippen molar-refractivity contribution in [3.8, 4) is 11.8 Å². The molecule has 0 saturated heterocycles. The molecule has 0 saturated carbocycles. The number of carbonyl (C=O) groups is 2. The summed E-state index contributed by atoms with van der Waals surface area (Å²) in [6.07, 6.45) is -0.0417. The zero-order valence-corrected chi connectivity index (χ0v) is 17.6. The zero-order valence-electron chi connectivity index (χ0n) is 16.0. The Morgan fingerprint density at radius 1 is 0.862 bits per heavy atom. The summed E-state index contributed by atoms with van der Waals surface area (Å²) in [4.78, 5) is 27.3. The van der Waals surface area contributed by atoms with Crippen molar-refractivity contribution >= 4 is 27.8 Å². The van der Waals surface area contributed by atoms with Crippen LogP contribution in [0.15, 0.2) is 12.1 Å². The lowest BCUT2D eigenvalue weighted by Gasteiger charge is -2.08. The van der Waals surface area contributed by atoms with Crippen LogP contribution in [0.3, 0.4) is 0 Å². The topological polar surface area (TPSA) is 138 Å². The Balaban J connectivity index is 1.82. The van der Waals surface area contributed by atoms with Gasteiger partial charge in [-0.1, -0.05) is 15.9 Å². The fraction of sp³-hybridized carbons (Fsp3) is 0.647. The van der Waals surface area contributed by atoms with E-state index in [1.165, 1.54) is 12.1 Å². The average Bonchev–Trinajstić information content (AvgIpc) is 3.02. The van der Waals surface area contributed by atoms with E-state index >= 15 is 0 Å². The Morgan fingerprint density at radius 2 is 1.34 bits per heavy atom. The first-order valence-corrected chi connectivity index (χ1v) is 10.1. The Bertz CT molecular complexity index is 578. The highest BCUT2D eigenvalue weighted by molar-refractivity contribution is 9.09. The molecule has 0 aromatic carbocycles. The molecule has 0 aliphatic carbocycles. The van der Waals surface area contributed by atoms with Gasteiger partial charge in [-0.2, -0.15) is 0 Å². The van der Waals surface area contributed by atoms with E-state index in [2.05, 4.69) is 21.2 Å². The van der Waals surface area contributed by atoms with E-state index in [0.29, 0.717) is 57.5 Å². The molecule has 0 radical (unpaired) electrons. The van der Waals surface area contributed by atoms with Crippen LogP contribution in [-0.2, 0) is 28.5 Å². The molecule has 1 aromatic rings. The van der Waals surface area contributed by atoms with Gasteiger partial charge in [-0.25, -0.2) is 4.79 Å². The third-order valence-corrected chi connectivity index (χ3v) is 3.76. The van der Waals surface area contributed by atoms with E-state index in [-0.39, 0.29) is 36.0 Å². The van der Waals surface area contributed by atoms with Crippen LogP contribution in [0.4, 0.5) is 0 Å². The summed E-state index contributed by atoms with van der Waals surface area (Å²) in [6.45, 7) is 3.34. The third-order valence-electron chi connectivity index (χ3n) is 3.25. The minimum Gasteiger partial charge on any atom is -0.492 e. The van der Waals surface area contributed by atoms with Crippen LogP contribution in [-0.4, -0.2) is 91.5 Å². The zero-order chi connectivity index (χ0) is 21.3. The molecule has 3 N–H and O–H groups in total. The number of nitrogens with one attached hydrogen (secondary N) is 1. The van der Waals surface area contributed by atoms with Gasteiger partial charge >= 0.3 is 5.97 Å². The Labute approximate surface area is 176 Å². The van der Waals surface area contributed by atoms with Crippen molar-refractivity contribution in [2.24, 2.45) is 0 Å². The lowest BCUT2D eigenvalue weighted by Crippen LogP contribution is -2.28. The van der Waals surface area contributed by atoms with Gasteiger partial charge in [0.2, 0.25) is 17.7 Å². The van der Waals surface area contributed by atoms with Crippen LogP contribution in [0, 0.1) is 0 Å². The lowest BCUT2D eigenvalue weighted by atomic mass is 10.5. The normalized spacial score (nSPS) is 10.8. The highest BCUT2D eigenvalue weighted by Gasteiger charge is 2.11. The summed E-state index contributed by atoms with van der Waals surface area (Å²) >= 11 is 3.05. The summed E-state index contributed by atoms with van der Waals surface area (Å²) in [5.74, 6) is -1.49. The summed E-state index contributed by atoms with van der Waals surface area (Å²) in [6, 6.07) is 2.39. The number of hydrogen-bond acceptors (Lipinski definition) is 9. The summed E-state index contributed by atoms with van der Waals surface area (Å²) < 4.78 is 21.8. The molecule has 0 spiro atoms. The highest BCUT2D eigenvalue weighted by Crippen LogP contribution is 2.18. The molecule has 11 nitrogen and oxygen atoms in total. The Hall–Kier alpha value is -1.86. The van der Waals surface area contributed by atoms with E-state index in [1.54, 1.807) is 0 Å². The number of carbonyl (C=O) groups excluding carboxylic acids is 2. The molecule has 0 atom stereocenters. The maximum absolute atomic E-state index is 11.6. The number of amides is 1. The molecule has 1 rings (SSSR count). The molecule has 12 heteroatoms. The summed E-state index contributed by atoms with van der Waals surface area (Å²) in [5.41, 5.74) is 0. The second-order valence-electron chi connectivity index (χ2n) is 5.49. The number of rotatable bonds is 17.